The average Bonchev–Trinajstić information content (AvgIpc) is 2.56. The second-order valence-corrected chi connectivity index (χ2v) is 3.84. The van der Waals surface area contributed by atoms with Crippen molar-refractivity contribution >= 4 is 5.69 Å². The van der Waals surface area contributed by atoms with Crippen molar-refractivity contribution in [3.05, 3.63) is 42.2 Å². The van der Waals surface area contributed by atoms with E-state index in [9.17, 15) is 8.78 Å². The minimum atomic E-state index is -0.713. The minimum Gasteiger partial charge on any atom is -0.396 e. The van der Waals surface area contributed by atoms with E-state index in [1.54, 1.807) is 0 Å². The first-order valence-corrected chi connectivity index (χ1v) is 5.11. The number of anilines is 1. The number of nitrogens with two attached hydrogens (primary N) is 2. The van der Waals surface area contributed by atoms with Crippen LogP contribution in [0.3, 0.4) is 0 Å². The molecule has 4 nitrogen and oxygen atoms in total. The molecule has 1 aromatic carbocycles. The van der Waals surface area contributed by atoms with Gasteiger partial charge in [0, 0.05) is 13.1 Å². The summed E-state index contributed by atoms with van der Waals surface area (Å²) < 4.78 is 24.3. The van der Waals surface area contributed by atoms with Gasteiger partial charge in [0.2, 0.25) is 6.29 Å². The third-order valence-electron chi connectivity index (χ3n) is 2.44. The maximum absolute atomic E-state index is 12.2. The van der Waals surface area contributed by atoms with E-state index in [1.807, 2.05) is 31.4 Å². The standard InChI is InChI=1S/C6H5F2N.C5H11N3/c7-4-1-2-6(9)5(8)3-4;1-7-3-4-8(2)5(7)6/h1-3H,9H2;3-5H,6H2,1-2H3/p+1. The highest BCUT2D eigenvalue weighted by Gasteiger charge is 2.19. The predicted octanol–water partition coefficient (Wildman–Crippen LogP) is -0.293. The molecule has 0 fully saturated rings. The molecular weight excluding hydrogens is 226 g/mol. The van der Waals surface area contributed by atoms with Crippen LogP contribution < -0.4 is 16.4 Å². The number of nitrogens with zero attached hydrogens (tertiary/aromatic N) is 1. The monoisotopic (exact) mass is 243 g/mol. The Balaban J connectivity index is 0.000000171. The number of quaternary nitrogens is 1. The number of hydrogen-bond acceptors (Lipinski definition) is 3. The van der Waals surface area contributed by atoms with E-state index in [1.165, 1.54) is 11.0 Å². The van der Waals surface area contributed by atoms with Crippen LogP contribution in [0.1, 0.15) is 0 Å². The van der Waals surface area contributed by atoms with Crippen LogP contribution in [0.15, 0.2) is 30.6 Å². The number of hydrogen-bond donors (Lipinski definition) is 3. The summed E-state index contributed by atoms with van der Waals surface area (Å²) in [6.07, 6.45) is 4.14. The van der Waals surface area contributed by atoms with Gasteiger partial charge in [0.05, 0.1) is 18.9 Å². The summed E-state index contributed by atoms with van der Waals surface area (Å²) in [5, 5.41) is 0. The third kappa shape index (κ3) is 3.69. The number of nitrogen functional groups attached to an aromatic ring is 1. The number of nitrogens with one attached hydrogen (secondary N) is 1. The molecule has 1 aliphatic rings. The van der Waals surface area contributed by atoms with Crippen LogP contribution >= 0.6 is 0 Å². The molecule has 0 bridgehead atoms. The fraction of sp³-hybridized carbons (Fsp3) is 0.273. The van der Waals surface area contributed by atoms with Gasteiger partial charge in [-0.3, -0.25) is 10.6 Å². The van der Waals surface area contributed by atoms with E-state index in [2.05, 4.69) is 0 Å². The molecule has 2 atom stereocenters. The van der Waals surface area contributed by atoms with Crippen LogP contribution in [0.2, 0.25) is 0 Å². The van der Waals surface area contributed by atoms with Gasteiger partial charge < -0.3 is 10.6 Å². The Labute approximate surface area is 99.1 Å². The maximum Gasteiger partial charge on any atom is 0.222 e. The van der Waals surface area contributed by atoms with Crippen LogP contribution in [-0.4, -0.2) is 25.3 Å². The summed E-state index contributed by atoms with van der Waals surface area (Å²) >= 11 is 0. The summed E-state index contributed by atoms with van der Waals surface area (Å²) in [5.41, 5.74) is 10.7. The molecule has 5 N–H and O–H groups in total. The normalized spacial score (nSPS) is 22.3. The van der Waals surface area contributed by atoms with Crippen LogP contribution in [0.4, 0.5) is 14.5 Å². The molecule has 0 spiro atoms. The number of benzene rings is 1. The van der Waals surface area contributed by atoms with E-state index in [0.717, 1.165) is 12.1 Å². The maximum atomic E-state index is 12.2. The molecule has 94 valence electrons. The van der Waals surface area contributed by atoms with Gasteiger partial charge in [0.25, 0.3) is 0 Å². The summed E-state index contributed by atoms with van der Waals surface area (Å²) in [4.78, 5) is 3.21. The average molecular weight is 243 g/mol. The van der Waals surface area contributed by atoms with E-state index in [0.29, 0.717) is 0 Å². The van der Waals surface area contributed by atoms with Crippen molar-refractivity contribution in [1.82, 2.24) is 4.90 Å². The highest BCUT2D eigenvalue weighted by atomic mass is 19.1. The summed E-state index contributed by atoms with van der Waals surface area (Å²) in [6, 6.07) is 3.04. The minimum absolute atomic E-state index is 0.0311. The molecule has 0 saturated carbocycles. The molecule has 17 heavy (non-hydrogen) atoms. The lowest BCUT2D eigenvalue weighted by Gasteiger charge is -2.16. The van der Waals surface area contributed by atoms with Crippen molar-refractivity contribution in [3.8, 4) is 0 Å². The lowest BCUT2D eigenvalue weighted by atomic mass is 10.3. The first kappa shape index (κ1) is 13.4. The second kappa shape index (κ2) is 5.60. The Kier molecular flexibility index (Phi) is 4.42. The van der Waals surface area contributed by atoms with Crippen LogP contribution in [0.25, 0.3) is 0 Å². The van der Waals surface area contributed by atoms with E-state index in [-0.39, 0.29) is 12.0 Å². The summed E-state index contributed by atoms with van der Waals surface area (Å²) in [7, 11) is 4.00. The Morgan fingerprint density at radius 2 is 2.00 bits per heavy atom. The zero-order valence-electron chi connectivity index (χ0n) is 9.82. The van der Waals surface area contributed by atoms with Gasteiger partial charge in [0.15, 0.2) is 0 Å². The van der Waals surface area contributed by atoms with E-state index >= 15 is 0 Å². The highest BCUT2D eigenvalue weighted by molar-refractivity contribution is 5.38. The Bertz CT molecular complexity index is 396. The predicted molar refractivity (Wildman–Crippen MR) is 62.5 cm³/mol. The number of rotatable bonds is 0. The zero-order chi connectivity index (χ0) is 13.0. The van der Waals surface area contributed by atoms with Crippen LogP contribution in [0, 0.1) is 11.6 Å². The van der Waals surface area contributed by atoms with Crippen molar-refractivity contribution < 1.29 is 13.7 Å². The molecule has 0 radical (unpaired) electrons. The fourth-order valence-corrected chi connectivity index (χ4v) is 1.25. The third-order valence-corrected chi connectivity index (χ3v) is 2.44. The Morgan fingerprint density at radius 3 is 2.29 bits per heavy atom. The first-order chi connectivity index (χ1) is 7.91. The molecule has 0 aromatic heterocycles. The van der Waals surface area contributed by atoms with Crippen LogP contribution in [0.5, 0.6) is 0 Å². The molecule has 6 heteroatoms. The smallest absolute Gasteiger partial charge is 0.222 e. The molecule has 1 aliphatic heterocycles. The largest absolute Gasteiger partial charge is 0.396 e. The molecule has 2 rings (SSSR count). The Morgan fingerprint density at radius 1 is 1.35 bits per heavy atom. The molecule has 1 aromatic rings. The van der Waals surface area contributed by atoms with Crippen molar-refractivity contribution in [3.63, 3.8) is 0 Å². The van der Waals surface area contributed by atoms with Gasteiger partial charge in [-0.05, 0) is 12.1 Å². The van der Waals surface area contributed by atoms with Gasteiger partial charge in [-0.2, -0.15) is 0 Å². The van der Waals surface area contributed by atoms with Gasteiger partial charge in [-0.25, -0.2) is 8.78 Å². The quantitative estimate of drug-likeness (QED) is 0.549. The highest BCUT2D eigenvalue weighted by Crippen LogP contribution is 2.09. The molecule has 0 amide bonds. The van der Waals surface area contributed by atoms with E-state index in [4.69, 9.17) is 11.5 Å². The van der Waals surface area contributed by atoms with Crippen molar-refractivity contribution in [2.75, 3.05) is 19.8 Å². The SMILES string of the molecule is CN1C=C[NH+](C)C1N.Nc1ccc(F)cc1F. The van der Waals surface area contributed by atoms with Gasteiger partial charge in [-0.15, -0.1) is 0 Å². The van der Waals surface area contributed by atoms with Gasteiger partial charge in [0.1, 0.15) is 17.8 Å². The van der Waals surface area contributed by atoms with Gasteiger partial charge >= 0.3 is 0 Å². The zero-order valence-corrected chi connectivity index (χ0v) is 9.82. The second-order valence-electron chi connectivity index (χ2n) is 3.84. The fourth-order valence-electron chi connectivity index (χ4n) is 1.25. The first-order valence-electron chi connectivity index (χ1n) is 5.11. The number of halogens is 2. The van der Waals surface area contributed by atoms with Crippen molar-refractivity contribution in [2.45, 2.75) is 6.29 Å². The molecular formula is C11H17F2N4+. The van der Waals surface area contributed by atoms with E-state index < -0.39 is 11.6 Å². The topological polar surface area (TPSA) is 59.7 Å². The van der Waals surface area contributed by atoms with Crippen molar-refractivity contribution in [2.24, 2.45) is 5.73 Å². The summed E-state index contributed by atoms with van der Waals surface area (Å²) in [6.45, 7) is 0. The molecule has 1 heterocycles. The summed E-state index contributed by atoms with van der Waals surface area (Å²) in [5.74, 6) is -1.32. The molecule has 2 unspecified atom stereocenters. The van der Waals surface area contributed by atoms with Crippen LogP contribution in [-0.2, 0) is 0 Å². The molecule has 0 aliphatic carbocycles. The molecule has 0 saturated heterocycles. The van der Waals surface area contributed by atoms with Gasteiger partial charge in [-0.1, -0.05) is 0 Å². The lowest BCUT2D eigenvalue weighted by Crippen LogP contribution is -3.10. The Hall–Kier alpha value is -1.66. The van der Waals surface area contributed by atoms with Crippen molar-refractivity contribution in [1.29, 1.82) is 0 Å². The lowest BCUT2D eigenvalue weighted by molar-refractivity contribution is -0.856.